The lowest BCUT2D eigenvalue weighted by molar-refractivity contribution is 0.262. The summed E-state index contributed by atoms with van der Waals surface area (Å²) in [7, 11) is 3.84. The van der Waals surface area contributed by atoms with Crippen LogP contribution < -0.4 is 15.5 Å². The minimum atomic E-state index is -0.405. The van der Waals surface area contributed by atoms with E-state index in [0.717, 1.165) is 17.0 Å². The van der Waals surface area contributed by atoms with Crippen LogP contribution in [-0.2, 0) is 5.41 Å². The van der Waals surface area contributed by atoms with E-state index < -0.39 is 6.03 Å². The van der Waals surface area contributed by atoms with Gasteiger partial charge in [0.1, 0.15) is 23.9 Å². The molecule has 0 aliphatic heterocycles. The van der Waals surface area contributed by atoms with Crippen LogP contribution in [-0.4, -0.2) is 44.8 Å². The molecular formula is C21H24N8O2. The number of benzene rings is 1. The van der Waals surface area contributed by atoms with Crippen LogP contribution in [0.3, 0.4) is 0 Å². The second kappa shape index (κ2) is 7.71. The normalized spacial score (nSPS) is 11.5. The maximum atomic E-state index is 12.3. The van der Waals surface area contributed by atoms with E-state index in [2.05, 4.69) is 30.7 Å². The molecule has 4 aromatic rings. The minimum Gasteiger partial charge on any atom is -0.361 e. The summed E-state index contributed by atoms with van der Waals surface area (Å²) in [4.78, 5) is 27.2. The predicted octanol–water partition coefficient (Wildman–Crippen LogP) is 3.81. The first-order chi connectivity index (χ1) is 14.7. The molecule has 3 heterocycles. The van der Waals surface area contributed by atoms with Gasteiger partial charge in [-0.15, -0.1) is 0 Å². The molecule has 2 amide bonds. The molecule has 0 atom stereocenters. The summed E-state index contributed by atoms with van der Waals surface area (Å²) in [5.74, 6) is 1.83. The van der Waals surface area contributed by atoms with Crippen molar-refractivity contribution >= 4 is 34.5 Å². The largest absolute Gasteiger partial charge is 0.361 e. The van der Waals surface area contributed by atoms with E-state index in [1.807, 2.05) is 68.6 Å². The Labute approximate surface area is 179 Å². The average molecular weight is 420 g/mol. The van der Waals surface area contributed by atoms with E-state index in [1.54, 1.807) is 12.4 Å². The number of nitrogens with one attached hydrogen (secondary N) is 2. The van der Waals surface area contributed by atoms with E-state index >= 15 is 0 Å². The van der Waals surface area contributed by atoms with E-state index in [1.165, 1.54) is 6.33 Å². The first-order valence-electron chi connectivity index (χ1n) is 9.73. The maximum absolute atomic E-state index is 12.3. The molecule has 4 rings (SSSR count). The van der Waals surface area contributed by atoms with Crippen LogP contribution in [0.2, 0.25) is 0 Å². The molecule has 10 heteroatoms. The number of carbonyl (C=O) groups is 1. The van der Waals surface area contributed by atoms with Gasteiger partial charge in [0.2, 0.25) is 0 Å². The van der Waals surface area contributed by atoms with Crippen molar-refractivity contribution in [3.8, 4) is 5.69 Å². The number of amides is 2. The number of nitrogens with zero attached hydrogens (tertiary/aromatic N) is 6. The molecule has 0 spiro atoms. The van der Waals surface area contributed by atoms with E-state index in [-0.39, 0.29) is 5.41 Å². The third kappa shape index (κ3) is 4.18. The van der Waals surface area contributed by atoms with Crippen molar-refractivity contribution < 1.29 is 9.32 Å². The summed E-state index contributed by atoms with van der Waals surface area (Å²) in [5, 5.41) is 9.36. The number of rotatable bonds is 4. The zero-order chi connectivity index (χ0) is 22.2. The second-order valence-electron chi connectivity index (χ2n) is 8.33. The highest BCUT2D eigenvalue weighted by atomic mass is 16.5. The molecular weight excluding hydrogens is 396 g/mol. The molecule has 0 fully saturated rings. The van der Waals surface area contributed by atoms with Crippen LogP contribution in [0.15, 0.2) is 47.5 Å². The van der Waals surface area contributed by atoms with Crippen molar-refractivity contribution in [1.82, 2.24) is 24.7 Å². The highest BCUT2D eigenvalue weighted by molar-refractivity contribution is 5.99. The molecule has 2 N–H and O–H groups in total. The molecule has 0 aliphatic rings. The SMILES string of the molecule is CN(C)c1ncnc2ncn(-c3ccc(NC(=O)Nc4cc(C(C)(C)C)on4)cc3)c12. The number of urea groups is 1. The third-order valence-corrected chi connectivity index (χ3v) is 4.64. The molecule has 0 aliphatic carbocycles. The predicted molar refractivity (Wildman–Crippen MR) is 119 cm³/mol. The Bertz CT molecular complexity index is 1220. The molecule has 0 saturated heterocycles. The van der Waals surface area contributed by atoms with Crippen molar-refractivity contribution in [2.75, 3.05) is 29.6 Å². The summed E-state index contributed by atoms with van der Waals surface area (Å²) in [5.41, 5.74) is 2.75. The van der Waals surface area contributed by atoms with Gasteiger partial charge in [-0.05, 0) is 24.3 Å². The lowest BCUT2D eigenvalue weighted by Gasteiger charge is -2.14. The van der Waals surface area contributed by atoms with Crippen LogP contribution in [0, 0.1) is 0 Å². The van der Waals surface area contributed by atoms with Crippen molar-refractivity contribution in [2.24, 2.45) is 0 Å². The van der Waals surface area contributed by atoms with Gasteiger partial charge in [-0.3, -0.25) is 9.88 Å². The Hall–Kier alpha value is -3.95. The first-order valence-corrected chi connectivity index (χ1v) is 9.73. The van der Waals surface area contributed by atoms with E-state index in [4.69, 9.17) is 4.52 Å². The van der Waals surface area contributed by atoms with Gasteiger partial charge in [0.25, 0.3) is 0 Å². The Morgan fingerprint density at radius 1 is 1.06 bits per heavy atom. The van der Waals surface area contributed by atoms with Crippen LogP contribution in [0.5, 0.6) is 0 Å². The number of carbonyl (C=O) groups excluding carboxylic acids is 1. The van der Waals surface area contributed by atoms with Crippen molar-refractivity contribution in [3.63, 3.8) is 0 Å². The van der Waals surface area contributed by atoms with Gasteiger partial charge in [-0.2, -0.15) is 0 Å². The molecule has 1 aromatic carbocycles. The summed E-state index contributed by atoms with van der Waals surface area (Å²) in [6.45, 7) is 6.03. The van der Waals surface area contributed by atoms with Gasteiger partial charge in [-0.1, -0.05) is 25.9 Å². The second-order valence-corrected chi connectivity index (χ2v) is 8.33. The van der Waals surface area contributed by atoms with E-state index in [0.29, 0.717) is 22.9 Å². The quantitative estimate of drug-likeness (QED) is 0.516. The molecule has 0 bridgehead atoms. The molecule has 160 valence electrons. The molecule has 0 radical (unpaired) electrons. The van der Waals surface area contributed by atoms with Crippen molar-refractivity contribution in [3.05, 3.63) is 48.7 Å². The molecule has 10 nitrogen and oxygen atoms in total. The Morgan fingerprint density at radius 3 is 2.45 bits per heavy atom. The fraction of sp³-hybridized carbons (Fsp3) is 0.286. The minimum absolute atomic E-state index is 0.186. The average Bonchev–Trinajstić information content (AvgIpc) is 3.35. The summed E-state index contributed by atoms with van der Waals surface area (Å²) in [6, 6.07) is 8.70. The Kier molecular flexibility index (Phi) is 5.05. The molecule has 31 heavy (non-hydrogen) atoms. The number of aromatic nitrogens is 5. The topological polar surface area (TPSA) is 114 Å². The number of imidazole rings is 1. The maximum Gasteiger partial charge on any atom is 0.324 e. The van der Waals surface area contributed by atoms with Crippen LogP contribution in [0.1, 0.15) is 26.5 Å². The monoisotopic (exact) mass is 420 g/mol. The molecule has 3 aromatic heterocycles. The van der Waals surface area contributed by atoms with Gasteiger partial charge in [0.05, 0.1) is 0 Å². The smallest absolute Gasteiger partial charge is 0.324 e. The highest BCUT2D eigenvalue weighted by Crippen LogP contribution is 2.26. The number of fused-ring (bicyclic) bond motifs is 1. The van der Waals surface area contributed by atoms with Crippen LogP contribution in [0.4, 0.5) is 22.1 Å². The summed E-state index contributed by atoms with van der Waals surface area (Å²) >= 11 is 0. The van der Waals surface area contributed by atoms with Gasteiger partial charge < -0.3 is 14.7 Å². The zero-order valence-electron chi connectivity index (χ0n) is 18.0. The Morgan fingerprint density at radius 2 is 1.81 bits per heavy atom. The first kappa shape index (κ1) is 20.3. The fourth-order valence-electron chi connectivity index (χ4n) is 3.04. The van der Waals surface area contributed by atoms with Crippen molar-refractivity contribution in [2.45, 2.75) is 26.2 Å². The number of hydrogen-bond acceptors (Lipinski definition) is 7. The molecule has 0 saturated carbocycles. The van der Waals surface area contributed by atoms with Gasteiger partial charge >= 0.3 is 6.03 Å². The standard InChI is InChI=1S/C21H24N8O2/c1-21(2,3)15-10-16(27-31-15)26-20(30)25-13-6-8-14(9-7-13)29-12-24-18-17(29)19(28(4)5)23-11-22-18/h6-12H,1-5H3,(H2,25,26,27,30). The number of hydrogen-bond donors (Lipinski definition) is 2. The fourth-order valence-corrected chi connectivity index (χ4v) is 3.04. The number of anilines is 3. The van der Waals surface area contributed by atoms with Gasteiger partial charge in [0.15, 0.2) is 17.3 Å². The Balaban J connectivity index is 1.50. The van der Waals surface area contributed by atoms with Crippen LogP contribution >= 0.6 is 0 Å². The highest BCUT2D eigenvalue weighted by Gasteiger charge is 2.20. The third-order valence-electron chi connectivity index (χ3n) is 4.64. The van der Waals surface area contributed by atoms with Crippen LogP contribution in [0.25, 0.3) is 16.9 Å². The molecule has 0 unspecified atom stereocenters. The van der Waals surface area contributed by atoms with Gasteiger partial charge in [-0.25, -0.2) is 19.7 Å². The lowest BCUT2D eigenvalue weighted by Crippen LogP contribution is -2.19. The zero-order valence-corrected chi connectivity index (χ0v) is 18.0. The van der Waals surface area contributed by atoms with E-state index in [9.17, 15) is 4.79 Å². The lowest BCUT2D eigenvalue weighted by atomic mass is 9.93. The van der Waals surface area contributed by atoms with Gasteiger partial charge in [0, 0.05) is 37.0 Å². The van der Waals surface area contributed by atoms with Crippen molar-refractivity contribution in [1.29, 1.82) is 0 Å². The summed E-state index contributed by atoms with van der Waals surface area (Å²) in [6.07, 6.45) is 3.21. The summed E-state index contributed by atoms with van der Waals surface area (Å²) < 4.78 is 7.20.